The molecule has 0 aliphatic rings. The van der Waals surface area contributed by atoms with Gasteiger partial charge in [-0.25, -0.2) is 13.4 Å². The van der Waals surface area contributed by atoms with E-state index in [0.717, 1.165) is 6.54 Å². The van der Waals surface area contributed by atoms with Gasteiger partial charge in [-0.05, 0) is 6.54 Å². The lowest BCUT2D eigenvalue weighted by atomic mass is 10.6. The van der Waals surface area contributed by atoms with Crippen LogP contribution in [-0.4, -0.2) is 41.2 Å². The van der Waals surface area contributed by atoms with Gasteiger partial charge in [-0.1, -0.05) is 13.8 Å². The maximum atomic E-state index is 11.3. The molecule has 0 spiro atoms. The normalized spacial score (nSPS) is 11.9. The Kier molecular flexibility index (Phi) is 4.88. The minimum atomic E-state index is -2.93. The smallest absolute Gasteiger partial charge is 0.164 e. The van der Waals surface area contributed by atoms with Crippen LogP contribution in [0.3, 0.4) is 0 Å². The minimum Gasteiger partial charge on any atom is -0.310 e. The maximum absolute atomic E-state index is 11.3. The number of rotatable bonds is 7. The highest BCUT2D eigenvalue weighted by Crippen LogP contribution is 1.94. The summed E-state index contributed by atoms with van der Waals surface area (Å²) in [6.45, 7) is 5.50. The largest absolute Gasteiger partial charge is 0.310 e. The predicted octanol–water partition coefficient (Wildman–Crippen LogP) is -0.178. The van der Waals surface area contributed by atoms with Crippen LogP contribution in [0.5, 0.6) is 0 Å². The molecular formula is C9H18N4O2S. The Hall–Kier alpha value is -0.950. The molecule has 0 bridgehead atoms. The molecule has 0 aliphatic carbocycles. The monoisotopic (exact) mass is 246 g/mol. The zero-order chi connectivity index (χ0) is 12.0. The summed E-state index contributed by atoms with van der Waals surface area (Å²) < 4.78 is 24.1. The molecule has 0 fully saturated rings. The van der Waals surface area contributed by atoms with Crippen LogP contribution >= 0.6 is 0 Å². The first kappa shape index (κ1) is 13.1. The van der Waals surface area contributed by atoms with E-state index in [1.807, 2.05) is 6.92 Å². The van der Waals surface area contributed by atoms with Gasteiger partial charge in [0.05, 0.1) is 18.8 Å². The van der Waals surface area contributed by atoms with E-state index in [9.17, 15) is 8.42 Å². The number of aromatic nitrogens is 3. The number of sulfone groups is 1. The van der Waals surface area contributed by atoms with Gasteiger partial charge in [0.15, 0.2) is 15.7 Å². The van der Waals surface area contributed by atoms with Crippen molar-refractivity contribution >= 4 is 9.84 Å². The van der Waals surface area contributed by atoms with Gasteiger partial charge in [0.2, 0.25) is 0 Å². The van der Waals surface area contributed by atoms with Crippen molar-refractivity contribution in [2.75, 3.05) is 18.1 Å². The molecule has 0 unspecified atom stereocenters. The van der Waals surface area contributed by atoms with Crippen LogP contribution < -0.4 is 5.32 Å². The molecule has 1 heterocycles. The second kappa shape index (κ2) is 5.95. The van der Waals surface area contributed by atoms with Crippen molar-refractivity contribution in [2.45, 2.75) is 26.9 Å². The van der Waals surface area contributed by atoms with Crippen molar-refractivity contribution in [1.82, 2.24) is 20.1 Å². The summed E-state index contributed by atoms with van der Waals surface area (Å²) in [5.74, 6) is 0.982. The van der Waals surface area contributed by atoms with Gasteiger partial charge in [0.25, 0.3) is 0 Å². The third-order valence-electron chi connectivity index (χ3n) is 2.19. The first-order valence-electron chi connectivity index (χ1n) is 5.37. The molecule has 1 aromatic rings. The third-order valence-corrected chi connectivity index (χ3v) is 3.87. The van der Waals surface area contributed by atoms with Gasteiger partial charge in [0.1, 0.15) is 6.33 Å². The summed E-state index contributed by atoms with van der Waals surface area (Å²) in [4.78, 5) is 4.07. The highest BCUT2D eigenvalue weighted by Gasteiger charge is 2.08. The molecule has 0 amide bonds. The van der Waals surface area contributed by atoms with Gasteiger partial charge in [0, 0.05) is 5.75 Å². The van der Waals surface area contributed by atoms with E-state index < -0.39 is 9.84 Å². The molecule has 1 N–H and O–H groups in total. The van der Waals surface area contributed by atoms with Crippen LogP contribution in [0.4, 0.5) is 0 Å². The van der Waals surface area contributed by atoms with Gasteiger partial charge in [-0.3, -0.25) is 4.68 Å². The molecule has 7 heteroatoms. The zero-order valence-corrected chi connectivity index (χ0v) is 10.5. The fourth-order valence-electron chi connectivity index (χ4n) is 1.14. The lowest BCUT2D eigenvalue weighted by Gasteiger charge is -2.00. The summed E-state index contributed by atoms with van der Waals surface area (Å²) >= 11 is 0. The minimum absolute atomic E-state index is 0.119. The Labute approximate surface area is 96.0 Å². The average Bonchev–Trinajstić information content (AvgIpc) is 2.72. The Balaban J connectivity index is 2.46. The van der Waals surface area contributed by atoms with Crippen LogP contribution in [0.25, 0.3) is 0 Å². The van der Waals surface area contributed by atoms with Crippen LogP contribution in [0.1, 0.15) is 19.7 Å². The van der Waals surface area contributed by atoms with Crippen molar-refractivity contribution in [3.05, 3.63) is 12.2 Å². The summed E-state index contributed by atoms with van der Waals surface area (Å²) in [7, 11) is -2.93. The molecule has 0 saturated carbocycles. The fraction of sp³-hybridized carbons (Fsp3) is 0.778. The first-order chi connectivity index (χ1) is 7.57. The molecule has 92 valence electrons. The molecule has 0 aliphatic heterocycles. The standard InChI is InChI=1S/C9H18N4O2S/c1-3-10-7-9-11-8-13(12-9)5-6-16(14,15)4-2/h8,10H,3-7H2,1-2H3. The number of aryl methyl sites for hydroxylation is 1. The highest BCUT2D eigenvalue weighted by molar-refractivity contribution is 7.91. The first-order valence-corrected chi connectivity index (χ1v) is 7.19. The molecule has 1 rings (SSSR count). The van der Waals surface area contributed by atoms with E-state index in [1.165, 1.54) is 0 Å². The third kappa shape index (κ3) is 4.28. The van der Waals surface area contributed by atoms with E-state index in [4.69, 9.17) is 0 Å². The van der Waals surface area contributed by atoms with Crippen LogP contribution in [0, 0.1) is 0 Å². The lowest BCUT2D eigenvalue weighted by molar-refractivity contribution is 0.578. The van der Waals surface area contributed by atoms with Crippen molar-refractivity contribution in [3.63, 3.8) is 0 Å². The molecule has 1 aromatic heterocycles. The van der Waals surface area contributed by atoms with Crippen molar-refractivity contribution < 1.29 is 8.42 Å². The Morgan fingerprint density at radius 2 is 2.19 bits per heavy atom. The summed E-state index contributed by atoms with van der Waals surface area (Å²) in [5, 5.41) is 7.27. The summed E-state index contributed by atoms with van der Waals surface area (Å²) in [6.07, 6.45) is 1.57. The van der Waals surface area contributed by atoms with Crippen LogP contribution in [-0.2, 0) is 22.9 Å². The molecule has 6 nitrogen and oxygen atoms in total. The fourth-order valence-corrected chi connectivity index (χ4v) is 1.89. The molecule has 0 saturated heterocycles. The number of hydrogen-bond acceptors (Lipinski definition) is 5. The molecule has 0 radical (unpaired) electrons. The Morgan fingerprint density at radius 3 is 2.81 bits per heavy atom. The van der Waals surface area contributed by atoms with Gasteiger partial charge in [-0.15, -0.1) is 0 Å². The molecular weight excluding hydrogens is 228 g/mol. The van der Waals surface area contributed by atoms with Crippen molar-refractivity contribution in [2.24, 2.45) is 0 Å². The van der Waals surface area contributed by atoms with Crippen LogP contribution in [0.15, 0.2) is 6.33 Å². The van der Waals surface area contributed by atoms with Gasteiger partial charge < -0.3 is 5.32 Å². The van der Waals surface area contributed by atoms with E-state index in [0.29, 0.717) is 18.9 Å². The lowest BCUT2D eigenvalue weighted by Crippen LogP contribution is -2.16. The molecule has 16 heavy (non-hydrogen) atoms. The van der Waals surface area contributed by atoms with Gasteiger partial charge >= 0.3 is 0 Å². The topological polar surface area (TPSA) is 76.9 Å². The second-order valence-electron chi connectivity index (χ2n) is 3.44. The number of nitrogens with zero attached hydrogens (tertiary/aromatic N) is 3. The van der Waals surface area contributed by atoms with E-state index in [2.05, 4.69) is 15.4 Å². The van der Waals surface area contributed by atoms with E-state index in [1.54, 1.807) is 17.9 Å². The van der Waals surface area contributed by atoms with E-state index >= 15 is 0 Å². The Morgan fingerprint density at radius 1 is 1.44 bits per heavy atom. The second-order valence-corrected chi connectivity index (χ2v) is 5.91. The molecule has 0 aromatic carbocycles. The summed E-state index contributed by atoms with van der Waals surface area (Å²) in [5.41, 5.74) is 0. The highest BCUT2D eigenvalue weighted by atomic mass is 32.2. The summed E-state index contributed by atoms with van der Waals surface area (Å²) in [6, 6.07) is 0. The predicted molar refractivity (Wildman–Crippen MR) is 61.7 cm³/mol. The van der Waals surface area contributed by atoms with E-state index in [-0.39, 0.29) is 11.5 Å². The number of nitrogens with one attached hydrogen (secondary N) is 1. The van der Waals surface area contributed by atoms with Crippen LogP contribution in [0.2, 0.25) is 0 Å². The SMILES string of the molecule is CCNCc1ncn(CCS(=O)(=O)CC)n1. The van der Waals surface area contributed by atoms with Crippen molar-refractivity contribution in [3.8, 4) is 0 Å². The quantitative estimate of drug-likeness (QED) is 0.722. The zero-order valence-electron chi connectivity index (χ0n) is 9.68. The van der Waals surface area contributed by atoms with Gasteiger partial charge in [-0.2, -0.15) is 5.10 Å². The van der Waals surface area contributed by atoms with Crippen molar-refractivity contribution in [1.29, 1.82) is 0 Å². The molecule has 0 atom stereocenters. The number of hydrogen-bond donors (Lipinski definition) is 1. The maximum Gasteiger partial charge on any atom is 0.164 e. The Bertz CT molecular complexity index is 413. The average molecular weight is 246 g/mol.